The Morgan fingerprint density at radius 3 is 2.56 bits per heavy atom. The van der Waals surface area contributed by atoms with Crippen LogP contribution in [0.5, 0.6) is 0 Å². The van der Waals surface area contributed by atoms with E-state index in [1.54, 1.807) is 0 Å². The van der Waals surface area contributed by atoms with Crippen molar-refractivity contribution in [1.29, 1.82) is 0 Å². The van der Waals surface area contributed by atoms with E-state index >= 15 is 0 Å². The van der Waals surface area contributed by atoms with Crippen LogP contribution in [0.15, 0.2) is 17.3 Å². The minimum Gasteiger partial charge on any atom is -0.284 e. The van der Waals surface area contributed by atoms with Gasteiger partial charge >= 0.3 is 0 Å². The van der Waals surface area contributed by atoms with Crippen molar-refractivity contribution in [2.24, 2.45) is 0 Å². The molecular formula is C3H3BrN2O2S. The summed E-state index contributed by atoms with van der Waals surface area (Å²) < 4.78 is 21.1. The van der Waals surface area contributed by atoms with E-state index < -0.39 is 8.27 Å². The fourth-order valence-electron chi connectivity index (χ4n) is 0.372. The topological polar surface area (TPSA) is 62.8 Å². The highest BCUT2D eigenvalue weighted by molar-refractivity contribution is 9.47. The Hall–Kier alpha value is -0.360. The maximum Gasteiger partial charge on any atom is 0.240 e. The van der Waals surface area contributed by atoms with Crippen LogP contribution in [-0.4, -0.2) is 18.6 Å². The zero-order chi connectivity index (χ0) is 6.91. The third-order valence-corrected chi connectivity index (χ3v) is 2.66. The van der Waals surface area contributed by atoms with Gasteiger partial charge in [0.05, 0.1) is 21.0 Å². The number of nitrogens with zero attached hydrogens (tertiary/aromatic N) is 1. The number of aromatic amines is 1. The number of halogens is 1. The summed E-state index contributed by atoms with van der Waals surface area (Å²) in [5.74, 6) is 0. The maximum atomic E-state index is 10.6. The Balaban J connectivity index is 3.20. The zero-order valence-electron chi connectivity index (χ0n) is 4.20. The summed E-state index contributed by atoms with van der Waals surface area (Å²) in [6.07, 6.45) is 2.52. The summed E-state index contributed by atoms with van der Waals surface area (Å²) in [6, 6.07) is 0. The van der Waals surface area contributed by atoms with Gasteiger partial charge in [-0.05, 0) is 0 Å². The van der Waals surface area contributed by atoms with Crippen molar-refractivity contribution in [3.63, 3.8) is 0 Å². The van der Waals surface area contributed by atoms with Crippen LogP contribution in [0.25, 0.3) is 0 Å². The number of hydrogen-bond acceptors (Lipinski definition) is 3. The van der Waals surface area contributed by atoms with Crippen molar-refractivity contribution in [2.45, 2.75) is 4.90 Å². The summed E-state index contributed by atoms with van der Waals surface area (Å²) in [4.78, 5) is 0.141. The number of nitrogens with one attached hydrogen (secondary N) is 1. The summed E-state index contributed by atoms with van der Waals surface area (Å²) in [5.41, 5.74) is 0. The van der Waals surface area contributed by atoms with Gasteiger partial charge in [-0.1, -0.05) is 0 Å². The molecule has 0 aliphatic heterocycles. The fraction of sp³-hybridized carbons (Fsp3) is 0. The molecule has 0 aromatic carbocycles. The lowest BCUT2D eigenvalue weighted by molar-refractivity contribution is 0.611. The third-order valence-electron chi connectivity index (χ3n) is 0.755. The van der Waals surface area contributed by atoms with Crippen molar-refractivity contribution >= 4 is 23.1 Å². The average Bonchev–Trinajstić information content (AvgIpc) is 2.08. The minimum atomic E-state index is -3.24. The Morgan fingerprint density at radius 1 is 1.67 bits per heavy atom. The van der Waals surface area contributed by atoms with E-state index in [4.69, 9.17) is 0 Å². The predicted molar refractivity (Wildman–Crippen MR) is 34.7 cm³/mol. The normalized spacial score (nSPS) is 11.7. The number of hydrogen-bond donors (Lipinski definition) is 1. The van der Waals surface area contributed by atoms with Crippen LogP contribution >= 0.6 is 14.8 Å². The summed E-state index contributed by atoms with van der Waals surface area (Å²) in [7, 11) is -3.24. The fourth-order valence-corrected chi connectivity index (χ4v) is 1.28. The van der Waals surface area contributed by atoms with Gasteiger partial charge in [-0.2, -0.15) is 5.10 Å². The van der Waals surface area contributed by atoms with Gasteiger partial charge in [0.1, 0.15) is 4.90 Å². The molecule has 9 heavy (non-hydrogen) atoms. The van der Waals surface area contributed by atoms with Crippen LogP contribution in [0.4, 0.5) is 0 Å². The van der Waals surface area contributed by atoms with Gasteiger partial charge < -0.3 is 0 Å². The first kappa shape index (κ1) is 6.76. The SMILES string of the molecule is O=S(=O)(Br)c1cn[nH]c1. The number of aromatic nitrogens is 2. The number of rotatable bonds is 1. The molecule has 1 rings (SSSR count). The molecule has 1 heterocycles. The molecule has 0 unspecified atom stereocenters. The maximum absolute atomic E-state index is 10.6. The van der Waals surface area contributed by atoms with Crippen LogP contribution in [0.1, 0.15) is 0 Å². The van der Waals surface area contributed by atoms with Gasteiger partial charge in [-0.25, -0.2) is 8.42 Å². The van der Waals surface area contributed by atoms with Crippen molar-refractivity contribution in [3.8, 4) is 0 Å². The highest BCUT2D eigenvalue weighted by atomic mass is 79.9. The quantitative estimate of drug-likeness (QED) is 0.687. The lowest BCUT2D eigenvalue weighted by Crippen LogP contribution is -1.84. The van der Waals surface area contributed by atoms with Crippen LogP contribution in [-0.2, 0) is 8.27 Å². The van der Waals surface area contributed by atoms with Gasteiger partial charge in [0.25, 0.3) is 0 Å². The first-order valence-electron chi connectivity index (χ1n) is 2.04. The molecule has 1 aromatic heterocycles. The summed E-state index contributed by atoms with van der Waals surface area (Å²) in [5, 5.41) is 5.83. The average molecular weight is 211 g/mol. The Bertz CT molecular complexity index is 277. The smallest absolute Gasteiger partial charge is 0.240 e. The molecule has 0 saturated carbocycles. The van der Waals surface area contributed by atoms with E-state index in [-0.39, 0.29) is 4.90 Å². The van der Waals surface area contributed by atoms with E-state index in [1.165, 1.54) is 12.4 Å². The van der Waals surface area contributed by atoms with E-state index in [2.05, 4.69) is 25.0 Å². The molecular weight excluding hydrogens is 208 g/mol. The van der Waals surface area contributed by atoms with Crippen LogP contribution in [0.3, 0.4) is 0 Å². The monoisotopic (exact) mass is 210 g/mol. The van der Waals surface area contributed by atoms with Crippen molar-refractivity contribution in [3.05, 3.63) is 12.4 Å². The van der Waals surface area contributed by atoms with E-state index in [0.29, 0.717) is 0 Å². The molecule has 0 bridgehead atoms. The molecule has 1 N–H and O–H groups in total. The van der Waals surface area contributed by atoms with E-state index in [1.807, 2.05) is 0 Å². The van der Waals surface area contributed by atoms with E-state index in [0.717, 1.165) is 0 Å². The lowest BCUT2D eigenvalue weighted by atomic mass is 10.7. The third kappa shape index (κ3) is 1.52. The van der Waals surface area contributed by atoms with Crippen LogP contribution < -0.4 is 0 Å². The Kier molecular flexibility index (Phi) is 1.58. The minimum absolute atomic E-state index is 0.141. The molecule has 0 saturated heterocycles. The predicted octanol–water partition coefficient (Wildman–Crippen LogP) is 0.493. The molecule has 0 radical (unpaired) electrons. The molecule has 6 heteroatoms. The molecule has 1 aromatic rings. The largest absolute Gasteiger partial charge is 0.284 e. The lowest BCUT2D eigenvalue weighted by Gasteiger charge is -1.82. The van der Waals surface area contributed by atoms with Gasteiger partial charge in [0.15, 0.2) is 0 Å². The highest BCUT2D eigenvalue weighted by Gasteiger charge is 2.08. The molecule has 50 valence electrons. The first-order chi connectivity index (χ1) is 4.11. The molecule has 0 aliphatic carbocycles. The number of H-pyrrole nitrogens is 1. The second-order valence-corrected chi connectivity index (χ2v) is 5.28. The summed E-state index contributed by atoms with van der Waals surface area (Å²) in [6.45, 7) is 0. The zero-order valence-corrected chi connectivity index (χ0v) is 6.61. The second kappa shape index (κ2) is 2.11. The first-order valence-corrected chi connectivity index (χ1v) is 5.37. The van der Waals surface area contributed by atoms with Crippen LogP contribution in [0.2, 0.25) is 0 Å². The molecule has 0 spiro atoms. The molecule has 0 fully saturated rings. The van der Waals surface area contributed by atoms with Crippen molar-refractivity contribution in [2.75, 3.05) is 0 Å². The van der Waals surface area contributed by atoms with Crippen molar-refractivity contribution < 1.29 is 8.42 Å². The Morgan fingerprint density at radius 2 is 2.33 bits per heavy atom. The van der Waals surface area contributed by atoms with Gasteiger partial charge in [0, 0.05) is 6.20 Å². The molecule has 4 nitrogen and oxygen atoms in total. The van der Waals surface area contributed by atoms with Crippen LogP contribution in [0, 0.1) is 0 Å². The van der Waals surface area contributed by atoms with Gasteiger partial charge in [-0.15, -0.1) is 0 Å². The Labute approximate surface area is 59.4 Å². The van der Waals surface area contributed by atoms with Gasteiger partial charge in [-0.3, -0.25) is 5.10 Å². The molecule has 0 aliphatic rings. The second-order valence-electron chi connectivity index (χ2n) is 1.37. The standard InChI is InChI=1S/C3H3BrN2O2S/c4-9(7,8)3-1-5-6-2-3/h1-2H,(H,5,6). The highest BCUT2D eigenvalue weighted by Crippen LogP contribution is 2.12. The van der Waals surface area contributed by atoms with Crippen molar-refractivity contribution in [1.82, 2.24) is 10.2 Å². The molecule has 0 amide bonds. The van der Waals surface area contributed by atoms with Gasteiger partial charge in [0.2, 0.25) is 8.27 Å². The molecule has 0 atom stereocenters. The van der Waals surface area contributed by atoms with E-state index in [9.17, 15) is 8.42 Å². The summed E-state index contributed by atoms with van der Waals surface area (Å²) >= 11 is 2.48.